The number of furan rings is 1. The number of aliphatic hydroxyl groups is 1. The fraction of sp³-hybridized carbons (Fsp3) is 0.357. The summed E-state index contributed by atoms with van der Waals surface area (Å²) in [6, 6.07) is 6.02. The lowest BCUT2D eigenvalue weighted by molar-refractivity contribution is 0.206. The molecule has 0 radical (unpaired) electrons. The van der Waals surface area contributed by atoms with Crippen LogP contribution in [-0.2, 0) is 12.8 Å². The van der Waals surface area contributed by atoms with Gasteiger partial charge >= 0.3 is 0 Å². The SMILES string of the molecule is OCC1CCc2cc(-c3cccnc3)oc2C1. The van der Waals surface area contributed by atoms with Crippen molar-refractivity contribution in [3.63, 3.8) is 0 Å². The molecule has 3 heteroatoms. The largest absolute Gasteiger partial charge is 0.461 e. The third-order valence-corrected chi connectivity index (χ3v) is 3.40. The molecule has 1 aliphatic rings. The monoisotopic (exact) mass is 229 g/mol. The van der Waals surface area contributed by atoms with Gasteiger partial charge in [0.25, 0.3) is 0 Å². The highest BCUT2D eigenvalue weighted by molar-refractivity contribution is 5.57. The lowest BCUT2D eigenvalue weighted by Gasteiger charge is -2.18. The molecule has 88 valence electrons. The lowest BCUT2D eigenvalue weighted by atomic mass is 9.89. The highest BCUT2D eigenvalue weighted by Gasteiger charge is 2.22. The van der Waals surface area contributed by atoms with E-state index in [0.717, 1.165) is 36.3 Å². The van der Waals surface area contributed by atoms with Gasteiger partial charge in [0.15, 0.2) is 0 Å². The maximum Gasteiger partial charge on any atom is 0.136 e. The highest BCUT2D eigenvalue weighted by atomic mass is 16.3. The molecule has 0 amide bonds. The zero-order chi connectivity index (χ0) is 11.7. The summed E-state index contributed by atoms with van der Waals surface area (Å²) < 4.78 is 5.87. The van der Waals surface area contributed by atoms with Crippen LogP contribution in [-0.4, -0.2) is 16.7 Å². The van der Waals surface area contributed by atoms with E-state index < -0.39 is 0 Å². The number of fused-ring (bicyclic) bond motifs is 1. The Morgan fingerprint density at radius 2 is 2.41 bits per heavy atom. The molecule has 3 nitrogen and oxygen atoms in total. The van der Waals surface area contributed by atoms with E-state index in [4.69, 9.17) is 4.42 Å². The molecule has 1 aliphatic carbocycles. The fourth-order valence-electron chi connectivity index (χ4n) is 2.38. The van der Waals surface area contributed by atoms with Crippen LogP contribution in [0.1, 0.15) is 17.7 Å². The Kier molecular flexibility index (Phi) is 2.69. The summed E-state index contributed by atoms with van der Waals surface area (Å²) in [6.45, 7) is 0.252. The Balaban J connectivity index is 1.93. The number of aryl methyl sites for hydroxylation is 1. The van der Waals surface area contributed by atoms with Gasteiger partial charge in [-0.25, -0.2) is 0 Å². The molecule has 2 aromatic rings. The van der Waals surface area contributed by atoms with Crippen molar-refractivity contribution >= 4 is 0 Å². The molecule has 1 N–H and O–H groups in total. The first kappa shape index (κ1) is 10.5. The van der Waals surface area contributed by atoms with Gasteiger partial charge < -0.3 is 9.52 Å². The standard InChI is InChI=1S/C14H15NO2/c16-9-10-3-4-11-7-14(17-13(11)6-10)12-2-1-5-15-8-12/h1-2,5,7-8,10,16H,3-4,6,9H2. The van der Waals surface area contributed by atoms with E-state index in [1.54, 1.807) is 6.20 Å². The second-order valence-corrected chi connectivity index (χ2v) is 4.59. The quantitative estimate of drug-likeness (QED) is 0.860. The van der Waals surface area contributed by atoms with Crippen LogP contribution in [0, 0.1) is 5.92 Å². The molecule has 2 heterocycles. The Hall–Kier alpha value is -1.61. The predicted octanol–water partition coefficient (Wildman–Crippen LogP) is 2.44. The molecular formula is C14H15NO2. The summed E-state index contributed by atoms with van der Waals surface area (Å²) >= 11 is 0. The lowest BCUT2D eigenvalue weighted by Crippen LogP contribution is -2.15. The Labute approximate surface area is 100 Å². The van der Waals surface area contributed by atoms with E-state index in [1.807, 2.05) is 18.3 Å². The first-order valence-corrected chi connectivity index (χ1v) is 5.99. The maximum absolute atomic E-state index is 9.19. The van der Waals surface area contributed by atoms with E-state index in [0.29, 0.717) is 5.92 Å². The van der Waals surface area contributed by atoms with Crippen LogP contribution in [0.2, 0.25) is 0 Å². The molecule has 0 bridgehead atoms. The van der Waals surface area contributed by atoms with Crippen molar-refractivity contribution in [1.82, 2.24) is 4.98 Å². The first-order valence-electron chi connectivity index (χ1n) is 5.99. The van der Waals surface area contributed by atoms with Gasteiger partial charge in [-0.3, -0.25) is 4.98 Å². The van der Waals surface area contributed by atoms with Gasteiger partial charge in [0, 0.05) is 31.0 Å². The minimum Gasteiger partial charge on any atom is -0.461 e. The molecule has 3 rings (SSSR count). The van der Waals surface area contributed by atoms with Crippen molar-refractivity contribution in [2.45, 2.75) is 19.3 Å². The molecular weight excluding hydrogens is 214 g/mol. The van der Waals surface area contributed by atoms with Crippen LogP contribution in [0.4, 0.5) is 0 Å². The number of rotatable bonds is 2. The molecule has 2 aromatic heterocycles. The number of aliphatic hydroxyl groups excluding tert-OH is 1. The number of hydrogen-bond donors (Lipinski definition) is 1. The number of aromatic nitrogens is 1. The van der Waals surface area contributed by atoms with Crippen LogP contribution in [0.15, 0.2) is 35.0 Å². The van der Waals surface area contributed by atoms with Crippen LogP contribution < -0.4 is 0 Å². The topological polar surface area (TPSA) is 46.3 Å². The molecule has 0 spiro atoms. The normalized spacial score (nSPS) is 19.0. The second-order valence-electron chi connectivity index (χ2n) is 4.59. The molecule has 0 fully saturated rings. The molecule has 1 atom stereocenters. The van der Waals surface area contributed by atoms with Crippen molar-refractivity contribution in [1.29, 1.82) is 0 Å². The average Bonchev–Trinajstić information content (AvgIpc) is 2.82. The summed E-state index contributed by atoms with van der Waals surface area (Å²) in [5, 5.41) is 9.19. The summed E-state index contributed by atoms with van der Waals surface area (Å²) in [5.74, 6) is 2.28. The van der Waals surface area contributed by atoms with E-state index in [-0.39, 0.29) is 6.61 Å². The van der Waals surface area contributed by atoms with Gasteiger partial charge in [-0.15, -0.1) is 0 Å². The minimum atomic E-state index is 0.252. The van der Waals surface area contributed by atoms with Crippen LogP contribution in [0.25, 0.3) is 11.3 Å². The Morgan fingerprint density at radius 1 is 1.47 bits per heavy atom. The van der Waals surface area contributed by atoms with Crippen molar-refractivity contribution in [3.05, 3.63) is 41.9 Å². The van der Waals surface area contributed by atoms with Crippen molar-refractivity contribution in [2.24, 2.45) is 5.92 Å². The van der Waals surface area contributed by atoms with Gasteiger partial charge in [-0.05, 0) is 42.5 Å². The van der Waals surface area contributed by atoms with E-state index >= 15 is 0 Å². The van der Waals surface area contributed by atoms with E-state index in [9.17, 15) is 5.11 Å². The van der Waals surface area contributed by atoms with Crippen molar-refractivity contribution in [2.75, 3.05) is 6.61 Å². The summed E-state index contributed by atoms with van der Waals surface area (Å²) in [6.07, 6.45) is 6.48. The van der Waals surface area contributed by atoms with Crippen molar-refractivity contribution < 1.29 is 9.52 Å². The fourth-order valence-corrected chi connectivity index (χ4v) is 2.38. The molecule has 17 heavy (non-hydrogen) atoms. The predicted molar refractivity (Wildman–Crippen MR) is 64.5 cm³/mol. The number of pyridine rings is 1. The highest BCUT2D eigenvalue weighted by Crippen LogP contribution is 2.32. The van der Waals surface area contributed by atoms with Crippen LogP contribution in [0.3, 0.4) is 0 Å². The summed E-state index contributed by atoms with van der Waals surface area (Å²) in [5.41, 5.74) is 2.30. The van der Waals surface area contributed by atoms with Crippen LogP contribution in [0.5, 0.6) is 0 Å². The smallest absolute Gasteiger partial charge is 0.136 e. The third kappa shape index (κ3) is 1.98. The van der Waals surface area contributed by atoms with E-state index in [2.05, 4.69) is 11.1 Å². The van der Waals surface area contributed by atoms with Gasteiger partial charge in [-0.1, -0.05) is 0 Å². The summed E-state index contributed by atoms with van der Waals surface area (Å²) in [4.78, 5) is 4.10. The molecule has 1 unspecified atom stereocenters. The molecule has 0 saturated heterocycles. The number of hydrogen-bond acceptors (Lipinski definition) is 3. The molecule has 0 saturated carbocycles. The van der Waals surface area contributed by atoms with Crippen LogP contribution >= 0.6 is 0 Å². The Morgan fingerprint density at radius 3 is 3.18 bits per heavy atom. The van der Waals surface area contributed by atoms with Gasteiger partial charge in [0.05, 0.1) is 0 Å². The Bertz CT molecular complexity index is 504. The van der Waals surface area contributed by atoms with Gasteiger partial charge in [0.1, 0.15) is 11.5 Å². The average molecular weight is 229 g/mol. The summed E-state index contributed by atoms with van der Waals surface area (Å²) in [7, 11) is 0. The minimum absolute atomic E-state index is 0.252. The number of nitrogens with zero attached hydrogens (tertiary/aromatic N) is 1. The zero-order valence-electron chi connectivity index (χ0n) is 9.60. The first-order chi connectivity index (χ1) is 8.36. The maximum atomic E-state index is 9.19. The van der Waals surface area contributed by atoms with E-state index in [1.165, 1.54) is 5.56 Å². The molecule has 0 aliphatic heterocycles. The third-order valence-electron chi connectivity index (χ3n) is 3.40. The van der Waals surface area contributed by atoms with Gasteiger partial charge in [0.2, 0.25) is 0 Å². The van der Waals surface area contributed by atoms with Crippen molar-refractivity contribution in [3.8, 4) is 11.3 Å². The zero-order valence-corrected chi connectivity index (χ0v) is 9.60. The molecule has 0 aromatic carbocycles. The second kappa shape index (κ2) is 4.34. The van der Waals surface area contributed by atoms with Gasteiger partial charge in [-0.2, -0.15) is 0 Å².